The summed E-state index contributed by atoms with van der Waals surface area (Å²) in [6, 6.07) is 11.5. The van der Waals surface area contributed by atoms with Gasteiger partial charge in [-0.15, -0.1) is 11.8 Å². The van der Waals surface area contributed by atoms with E-state index in [-0.39, 0.29) is 41.2 Å². The van der Waals surface area contributed by atoms with Crippen LogP contribution in [0.15, 0.2) is 58.0 Å². The lowest BCUT2D eigenvalue weighted by Gasteiger charge is -2.30. The van der Waals surface area contributed by atoms with Gasteiger partial charge in [-0.05, 0) is 48.9 Å². The van der Waals surface area contributed by atoms with Crippen LogP contribution in [0.4, 0.5) is 10.1 Å². The Morgan fingerprint density at radius 2 is 1.97 bits per heavy atom. The molecule has 4 rings (SSSR count). The Bertz CT molecular complexity index is 1250. The second kappa shape index (κ2) is 13.7. The first-order valence-electron chi connectivity index (χ1n) is 13.0. The number of halogens is 2. The normalized spacial score (nSPS) is 12.9. The molecule has 0 spiro atoms. The van der Waals surface area contributed by atoms with Gasteiger partial charge in [-0.1, -0.05) is 50.6 Å². The van der Waals surface area contributed by atoms with Crippen LogP contribution in [0.5, 0.6) is 5.75 Å². The van der Waals surface area contributed by atoms with Crippen LogP contribution >= 0.6 is 23.4 Å². The lowest BCUT2D eigenvalue weighted by molar-refractivity contribution is -0.116. The molecule has 38 heavy (non-hydrogen) atoms. The number of hydrogen-bond acceptors (Lipinski definition) is 5. The summed E-state index contributed by atoms with van der Waals surface area (Å²) >= 11 is 7.91. The standard InChI is InChI=1S/C29H32ClFN2O4S/c1-2-3-4-5-6-7-14-37-25-13-11-23(31)22(28(25)30)18-33-24-12-10-20(16-26(24)38-19-27(33)34)29(35)32-17-21-9-8-15-36-21/h8-13,15-16H,2-7,14,17-19H2,1H3,(H,32,35). The summed E-state index contributed by atoms with van der Waals surface area (Å²) < 4.78 is 26.0. The fourth-order valence-corrected chi connectivity index (χ4v) is 5.50. The van der Waals surface area contributed by atoms with Crippen molar-refractivity contribution < 1.29 is 23.1 Å². The minimum atomic E-state index is -0.497. The molecule has 2 amide bonds. The molecule has 1 aromatic heterocycles. The Labute approximate surface area is 231 Å². The second-order valence-corrected chi connectivity index (χ2v) is 10.6. The van der Waals surface area contributed by atoms with E-state index in [1.807, 2.05) is 0 Å². The van der Waals surface area contributed by atoms with Crippen LogP contribution in [-0.2, 0) is 17.9 Å². The number of carbonyl (C=O) groups is 2. The number of hydrogen-bond donors (Lipinski definition) is 1. The number of thioether (sulfide) groups is 1. The van der Waals surface area contributed by atoms with Crippen molar-refractivity contribution >= 4 is 40.9 Å². The smallest absolute Gasteiger partial charge is 0.251 e. The average molecular weight is 559 g/mol. The molecular weight excluding hydrogens is 527 g/mol. The van der Waals surface area contributed by atoms with Crippen LogP contribution in [0.25, 0.3) is 0 Å². The van der Waals surface area contributed by atoms with Crippen LogP contribution in [0, 0.1) is 5.82 Å². The number of unbranched alkanes of at least 4 members (excludes halogenated alkanes) is 5. The van der Waals surface area contributed by atoms with Gasteiger partial charge in [-0.3, -0.25) is 9.59 Å². The summed E-state index contributed by atoms with van der Waals surface area (Å²) in [6.45, 7) is 2.93. The van der Waals surface area contributed by atoms with Gasteiger partial charge in [0, 0.05) is 16.0 Å². The number of benzene rings is 2. The summed E-state index contributed by atoms with van der Waals surface area (Å²) in [4.78, 5) is 27.8. The maximum atomic E-state index is 14.9. The Morgan fingerprint density at radius 1 is 1.16 bits per heavy atom. The topological polar surface area (TPSA) is 71.8 Å². The molecule has 9 heteroatoms. The molecule has 0 fully saturated rings. The monoisotopic (exact) mass is 558 g/mol. The van der Waals surface area contributed by atoms with Crippen molar-refractivity contribution in [2.45, 2.75) is 63.4 Å². The Balaban J connectivity index is 1.43. The predicted molar refractivity (Wildman–Crippen MR) is 149 cm³/mol. The van der Waals surface area contributed by atoms with Gasteiger partial charge in [-0.2, -0.15) is 0 Å². The van der Waals surface area contributed by atoms with Crippen LogP contribution in [0.3, 0.4) is 0 Å². The number of nitrogens with zero attached hydrogens (tertiary/aromatic N) is 1. The van der Waals surface area contributed by atoms with E-state index in [0.29, 0.717) is 29.4 Å². The van der Waals surface area contributed by atoms with Crippen LogP contribution in [-0.4, -0.2) is 24.2 Å². The van der Waals surface area contributed by atoms with E-state index in [0.717, 1.165) is 17.7 Å². The first-order chi connectivity index (χ1) is 18.5. The number of rotatable bonds is 13. The minimum Gasteiger partial charge on any atom is -0.492 e. The predicted octanol–water partition coefficient (Wildman–Crippen LogP) is 7.38. The zero-order chi connectivity index (χ0) is 26.9. The number of fused-ring (bicyclic) bond motifs is 1. The molecule has 6 nitrogen and oxygen atoms in total. The van der Waals surface area contributed by atoms with Crippen LogP contribution < -0.4 is 15.0 Å². The molecule has 1 N–H and O–H groups in total. The van der Waals surface area contributed by atoms with Gasteiger partial charge in [0.2, 0.25) is 5.91 Å². The third kappa shape index (κ3) is 7.11. The number of ether oxygens (including phenoxy) is 1. The van der Waals surface area contributed by atoms with Crippen molar-refractivity contribution in [3.63, 3.8) is 0 Å². The highest BCUT2D eigenvalue weighted by Gasteiger charge is 2.28. The minimum absolute atomic E-state index is 0.0324. The molecule has 2 aromatic carbocycles. The lowest BCUT2D eigenvalue weighted by atomic mass is 10.1. The van der Waals surface area contributed by atoms with E-state index in [9.17, 15) is 14.0 Å². The third-order valence-electron chi connectivity index (χ3n) is 6.39. The van der Waals surface area contributed by atoms with Crippen molar-refractivity contribution in [3.05, 3.63) is 76.5 Å². The fourth-order valence-electron chi connectivity index (χ4n) is 4.26. The molecule has 0 unspecified atom stereocenters. The van der Waals surface area contributed by atoms with Gasteiger partial charge >= 0.3 is 0 Å². The molecule has 1 aliphatic heterocycles. The second-order valence-electron chi connectivity index (χ2n) is 9.17. The molecule has 202 valence electrons. The van der Waals surface area contributed by atoms with Crippen molar-refractivity contribution in [2.24, 2.45) is 0 Å². The van der Waals surface area contributed by atoms with Gasteiger partial charge in [-0.25, -0.2) is 4.39 Å². The largest absolute Gasteiger partial charge is 0.492 e. The van der Waals surface area contributed by atoms with Gasteiger partial charge in [0.05, 0.1) is 42.4 Å². The summed E-state index contributed by atoms with van der Waals surface area (Å²) in [6.07, 6.45) is 8.36. The summed E-state index contributed by atoms with van der Waals surface area (Å²) in [5, 5.41) is 3.00. The van der Waals surface area contributed by atoms with Crippen molar-refractivity contribution in [3.8, 4) is 5.75 Å². The summed E-state index contributed by atoms with van der Waals surface area (Å²) in [5.74, 6) is 0.337. The SMILES string of the molecule is CCCCCCCCOc1ccc(F)c(CN2C(=O)CSc3cc(C(=O)NCc4ccco4)ccc32)c1Cl. The first kappa shape index (κ1) is 28.0. The van der Waals surface area contributed by atoms with E-state index in [1.165, 1.54) is 54.5 Å². The van der Waals surface area contributed by atoms with E-state index in [4.69, 9.17) is 20.8 Å². The molecule has 0 aliphatic carbocycles. The number of anilines is 1. The fraction of sp³-hybridized carbons (Fsp3) is 0.379. The maximum absolute atomic E-state index is 14.9. The van der Waals surface area contributed by atoms with Gasteiger partial charge < -0.3 is 19.4 Å². The van der Waals surface area contributed by atoms with Gasteiger partial charge in [0.25, 0.3) is 5.91 Å². The van der Waals surface area contributed by atoms with E-state index < -0.39 is 5.82 Å². The van der Waals surface area contributed by atoms with Crippen LogP contribution in [0.1, 0.15) is 67.1 Å². The van der Waals surface area contributed by atoms with Crippen molar-refractivity contribution in [1.82, 2.24) is 5.32 Å². The first-order valence-corrected chi connectivity index (χ1v) is 14.3. The highest BCUT2D eigenvalue weighted by Crippen LogP contribution is 2.39. The number of amides is 2. The van der Waals surface area contributed by atoms with Crippen molar-refractivity contribution in [2.75, 3.05) is 17.3 Å². The zero-order valence-electron chi connectivity index (χ0n) is 21.4. The van der Waals surface area contributed by atoms with Crippen LogP contribution in [0.2, 0.25) is 5.02 Å². The molecule has 2 heterocycles. The Hall–Kier alpha value is -2.97. The highest BCUT2D eigenvalue weighted by molar-refractivity contribution is 8.00. The molecule has 0 saturated heterocycles. The van der Waals surface area contributed by atoms with E-state index in [1.54, 1.807) is 36.6 Å². The maximum Gasteiger partial charge on any atom is 0.251 e. The highest BCUT2D eigenvalue weighted by atomic mass is 35.5. The molecule has 0 saturated carbocycles. The molecule has 1 aliphatic rings. The molecule has 0 radical (unpaired) electrons. The summed E-state index contributed by atoms with van der Waals surface area (Å²) in [7, 11) is 0. The third-order valence-corrected chi connectivity index (χ3v) is 7.83. The quantitative estimate of drug-likeness (QED) is 0.222. The van der Waals surface area contributed by atoms with E-state index >= 15 is 0 Å². The Kier molecular flexibility index (Phi) is 10.1. The van der Waals surface area contributed by atoms with Gasteiger partial charge in [0.15, 0.2) is 0 Å². The number of nitrogens with one attached hydrogen (secondary N) is 1. The molecule has 0 atom stereocenters. The number of carbonyl (C=O) groups excluding carboxylic acids is 2. The molecule has 0 bridgehead atoms. The van der Waals surface area contributed by atoms with Crippen molar-refractivity contribution in [1.29, 1.82) is 0 Å². The Morgan fingerprint density at radius 3 is 2.76 bits per heavy atom. The van der Waals surface area contributed by atoms with Gasteiger partial charge in [0.1, 0.15) is 17.3 Å². The zero-order valence-corrected chi connectivity index (χ0v) is 23.0. The lowest BCUT2D eigenvalue weighted by Crippen LogP contribution is -2.35. The summed E-state index contributed by atoms with van der Waals surface area (Å²) in [5.41, 5.74) is 1.28. The van der Waals surface area contributed by atoms with E-state index in [2.05, 4.69) is 12.2 Å². The molecule has 3 aromatic rings. The molecular formula is C29H32ClFN2O4S. The number of furan rings is 1. The average Bonchev–Trinajstić information content (AvgIpc) is 3.45.